The van der Waals surface area contributed by atoms with Crippen LogP contribution in [0.4, 0.5) is 5.69 Å². The smallest absolute Gasteiger partial charge is 0.248 e. The molecule has 0 radical (unpaired) electrons. The Kier molecular flexibility index (Phi) is 4.50. The number of hydrogen-bond donors (Lipinski definition) is 1. The Hall–Kier alpha value is -2.62. The zero-order valence-corrected chi connectivity index (χ0v) is 11.5. The second-order valence-corrected chi connectivity index (χ2v) is 4.27. The van der Waals surface area contributed by atoms with E-state index in [2.05, 4.69) is 10.3 Å². The van der Waals surface area contributed by atoms with E-state index in [1.807, 2.05) is 37.3 Å². The summed E-state index contributed by atoms with van der Waals surface area (Å²) in [7, 11) is 1.55. The highest BCUT2D eigenvalue weighted by Gasteiger charge is 2.02. The minimum Gasteiger partial charge on any atom is -0.481 e. The highest BCUT2D eigenvalue weighted by Crippen LogP contribution is 2.14. The maximum absolute atomic E-state index is 11.9. The molecule has 2 rings (SSSR count). The van der Waals surface area contributed by atoms with Crippen LogP contribution in [0.3, 0.4) is 0 Å². The lowest BCUT2D eigenvalue weighted by molar-refractivity contribution is -0.111. The van der Waals surface area contributed by atoms with E-state index in [0.29, 0.717) is 11.6 Å². The molecule has 0 fully saturated rings. The van der Waals surface area contributed by atoms with Crippen LogP contribution in [0.25, 0.3) is 5.57 Å². The summed E-state index contributed by atoms with van der Waals surface area (Å²) in [4.78, 5) is 15.9. The first kappa shape index (κ1) is 13.8. The minimum atomic E-state index is -0.182. The van der Waals surface area contributed by atoms with Crippen molar-refractivity contribution in [1.29, 1.82) is 0 Å². The third kappa shape index (κ3) is 3.68. The van der Waals surface area contributed by atoms with Gasteiger partial charge in [0.2, 0.25) is 11.8 Å². The van der Waals surface area contributed by atoms with E-state index in [9.17, 15) is 4.79 Å². The van der Waals surface area contributed by atoms with E-state index in [4.69, 9.17) is 4.74 Å². The van der Waals surface area contributed by atoms with Crippen LogP contribution in [0.5, 0.6) is 5.88 Å². The molecule has 1 heterocycles. The van der Waals surface area contributed by atoms with Crippen LogP contribution in [0.15, 0.2) is 54.7 Å². The number of allylic oxidation sites excluding steroid dienone is 1. The first-order chi connectivity index (χ1) is 9.69. The molecule has 1 aromatic heterocycles. The highest BCUT2D eigenvalue weighted by atomic mass is 16.5. The van der Waals surface area contributed by atoms with Gasteiger partial charge in [-0.15, -0.1) is 0 Å². The molecule has 0 atom stereocenters. The van der Waals surface area contributed by atoms with Crippen molar-refractivity contribution in [2.75, 3.05) is 12.4 Å². The Bertz CT molecular complexity index is 604. The van der Waals surface area contributed by atoms with Crippen LogP contribution in [0.1, 0.15) is 12.5 Å². The van der Waals surface area contributed by atoms with Crippen LogP contribution in [0.2, 0.25) is 0 Å². The number of pyridine rings is 1. The fraction of sp³-hybridized carbons (Fsp3) is 0.125. The second-order valence-electron chi connectivity index (χ2n) is 4.27. The quantitative estimate of drug-likeness (QED) is 0.867. The van der Waals surface area contributed by atoms with Crippen molar-refractivity contribution in [1.82, 2.24) is 4.98 Å². The first-order valence-electron chi connectivity index (χ1n) is 6.24. The summed E-state index contributed by atoms with van der Waals surface area (Å²) >= 11 is 0. The molecule has 0 saturated heterocycles. The van der Waals surface area contributed by atoms with Gasteiger partial charge in [-0.05, 0) is 24.1 Å². The van der Waals surface area contributed by atoms with E-state index < -0.39 is 0 Å². The van der Waals surface area contributed by atoms with E-state index in [1.165, 1.54) is 0 Å². The van der Waals surface area contributed by atoms with Gasteiger partial charge in [0.05, 0.1) is 19.0 Å². The molecule has 2 aromatic rings. The van der Waals surface area contributed by atoms with E-state index in [-0.39, 0.29) is 5.91 Å². The van der Waals surface area contributed by atoms with Crippen molar-refractivity contribution >= 4 is 17.2 Å². The number of nitrogens with one attached hydrogen (secondary N) is 1. The van der Waals surface area contributed by atoms with Gasteiger partial charge in [0, 0.05) is 12.1 Å². The maximum Gasteiger partial charge on any atom is 0.248 e. The third-order valence-electron chi connectivity index (χ3n) is 2.79. The molecule has 0 aliphatic carbocycles. The number of methoxy groups -OCH3 is 1. The predicted octanol–water partition coefficient (Wildman–Crippen LogP) is 3.13. The van der Waals surface area contributed by atoms with Crippen molar-refractivity contribution in [3.8, 4) is 5.88 Å². The lowest BCUT2D eigenvalue weighted by Gasteiger charge is -2.04. The average molecular weight is 268 g/mol. The zero-order valence-electron chi connectivity index (χ0n) is 11.5. The van der Waals surface area contributed by atoms with Crippen LogP contribution < -0.4 is 10.1 Å². The van der Waals surface area contributed by atoms with Gasteiger partial charge in [0.25, 0.3) is 0 Å². The van der Waals surface area contributed by atoms with Crippen LogP contribution >= 0.6 is 0 Å². The van der Waals surface area contributed by atoms with E-state index in [0.717, 1.165) is 11.1 Å². The standard InChI is InChI=1S/C16H16N2O2/c1-12(13-6-4-3-5-7-13)10-15(19)18-14-8-9-16(20-2)17-11-14/h3-11H,1-2H3,(H,18,19)/b12-10+. The molecule has 102 valence electrons. The average Bonchev–Trinajstić information content (AvgIpc) is 2.49. The summed E-state index contributed by atoms with van der Waals surface area (Å²) in [6.45, 7) is 1.90. The number of carbonyl (C=O) groups is 1. The SMILES string of the molecule is COc1ccc(NC(=O)/C=C(\C)c2ccccc2)cn1. The number of amides is 1. The van der Waals surface area contributed by atoms with Gasteiger partial charge < -0.3 is 10.1 Å². The predicted molar refractivity (Wildman–Crippen MR) is 79.5 cm³/mol. The fourth-order valence-electron chi connectivity index (χ4n) is 1.73. The van der Waals surface area contributed by atoms with Crippen LogP contribution in [0, 0.1) is 0 Å². The first-order valence-corrected chi connectivity index (χ1v) is 6.24. The van der Waals surface area contributed by atoms with Gasteiger partial charge in [-0.25, -0.2) is 4.98 Å². The van der Waals surface area contributed by atoms with Crippen LogP contribution in [-0.2, 0) is 4.79 Å². The van der Waals surface area contributed by atoms with Crippen molar-refractivity contribution in [3.63, 3.8) is 0 Å². The molecule has 4 nitrogen and oxygen atoms in total. The van der Waals surface area contributed by atoms with E-state index in [1.54, 1.807) is 31.5 Å². The number of rotatable bonds is 4. The second kappa shape index (κ2) is 6.52. The number of carbonyl (C=O) groups excluding carboxylic acids is 1. The fourth-order valence-corrected chi connectivity index (χ4v) is 1.73. The number of nitrogens with zero attached hydrogens (tertiary/aromatic N) is 1. The highest BCUT2D eigenvalue weighted by molar-refractivity contribution is 6.03. The number of hydrogen-bond acceptors (Lipinski definition) is 3. The molecule has 0 aliphatic heterocycles. The third-order valence-corrected chi connectivity index (χ3v) is 2.79. The lowest BCUT2D eigenvalue weighted by Crippen LogP contribution is -2.08. The van der Waals surface area contributed by atoms with Crippen molar-refractivity contribution in [3.05, 3.63) is 60.3 Å². The maximum atomic E-state index is 11.9. The number of aromatic nitrogens is 1. The van der Waals surface area contributed by atoms with Crippen LogP contribution in [-0.4, -0.2) is 18.0 Å². The summed E-state index contributed by atoms with van der Waals surface area (Å²) < 4.78 is 4.96. The van der Waals surface area contributed by atoms with Gasteiger partial charge in [-0.2, -0.15) is 0 Å². The largest absolute Gasteiger partial charge is 0.481 e. The molecule has 1 aromatic carbocycles. The monoisotopic (exact) mass is 268 g/mol. The molecule has 0 saturated carbocycles. The summed E-state index contributed by atoms with van der Waals surface area (Å²) in [6, 6.07) is 13.2. The number of anilines is 1. The molecule has 1 amide bonds. The summed E-state index contributed by atoms with van der Waals surface area (Å²) in [6.07, 6.45) is 3.13. The van der Waals surface area contributed by atoms with Crippen molar-refractivity contribution < 1.29 is 9.53 Å². The Balaban J connectivity index is 2.04. The normalized spacial score (nSPS) is 11.0. The van der Waals surface area contributed by atoms with E-state index >= 15 is 0 Å². The lowest BCUT2D eigenvalue weighted by atomic mass is 10.1. The number of ether oxygens (including phenoxy) is 1. The molecule has 0 spiro atoms. The molecule has 0 bridgehead atoms. The van der Waals surface area contributed by atoms with Gasteiger partial charge in [0.1, 0.15) is 0 Å². The zero-order chi connectivity index (χ0) is 14.4. The van der Waals surface area contributed by atoms with Crippen molar-refractivity contribution in [2.24, 2.45) is 0 Å². The summed E-state index contributed by atoms with van der Waals surface area (Å²) in [5, 5.41) is 2.76. The summed E-state index contributed by atoms with van der Waals surface area (Å²) in [5.41, 5.74) is 2.56. The molecule has 20 heavy (non-hydrogen) atoms. The Morgan fingerprint density at radius 2 is 1.95 bits per heavy atom. The molecule has 1 N–H and O–H groups in total. The molecule has 4 heteroatoms. The Labute approximate surface area is 118 Å². The summed E-state index contributed by atoms with van der Waals surface area (Å²) in [5.74, 6) is 0.331. The molecule has 0 aliphatic rings. The Morgan fingerprint density at radius 3 is 2.55 bits per heavy atom. The minimum absolute atomic E-state index is 0.182. The molecular weight excluding hydrogens is 252 g/mol. The van der Waals surface area contributed by atoms with Gasteiger partial charge >= 0.3 is 0 Å². The van der Waals surface area contributed by atoms with Gasteiger partial charge in [-0.1, -0.05) is 30.3 Å². The van der Waals surface area contributed by atoms with Crippen molar-refractivity contribution in [2.45, 2.75) is 6.92 Å². The topological polar surface area (TPSA) is 51.2 Å². The van der Waals surface area contributed by atoms with Gasteiger partial charge in [-0.3, -0.25) is 4.79 Å². The molecule has 0 unspecified atom stereocenters. The molecular formula is C16H16N2O2. The van der Waals surface area contributed by atoms with Gasteiger partial charge in [0.15, 0.2) is 0 Å². The number of benzene rings is 1. The Morgan fingerprint density at radius 1 is 1.20 bits per heavy atom.